The molecular formula is C31H28FN3S. The topological polar surface area (TPSA) is 29.0 Å². The molecule has 0 N–H and O–H groups in total. The lowest BCUT2D eigenvalue weighted by Crippen LogP contribution is -2.25. The molecule has 5 heteroatoms. The molecule has 2 heterocycles. The number of allylic oxidation sites excluding steroid dienone is 2. The van der Waals surface area contributed by atoms with Gasteiger partial charge in [-0.15, -0.1) is 11.8 Å². The molecular weight excluding hydrogens is 465 g/mol. The first-order chi connectivity index (χ1) is 17.6. The minimum absolute atomic E-state index is 0.209. The largest absolute Gasteiger partial charge is 0.291 e. The van der Waals surface area contributed by atoms with Crippen LogP contribution in [0.3, 0.4) is 0 Å². The van der Waals surface area contributed by atoms with E-state index in [4.69, 9.17) is 0 Å². The second-order valence-electron chi connectivity index (χ2n) is 8.98. The van der Waals surface area contributed by atoms with Gasteiger partial charge in [0.2, 0.25) is 0 Å². The second-order valence-corrected chi connectivity index (χ2v) is 9.86. The first-order valence-corrected chi connectivity index (χ1v) is 13.2. The van der Waals surface area contributed by atoms with Crippen molar-refractivity contribution in [3.63, 3.8) is 0 Å². The van der Waals surface area contributed by atoms with E-state index in [-0.39, 0.29) is 5.82 Å². The number of hydrogen-bond donors (Lipinski definition) is 0. The summed E-state index contributed by atoms with van der Waals surface area (Å²) in [7, 11) is 0. The average Bonchev–Trinajstić information content (AvgIpc) is 3.15. The van der Waals surface area contributed by atoms with Crippen molar-refractivity contribution in [2.75, 3.05) is 12.8 Å². The van der Waals surface area contributed by atoms with Crippen molar-refractivity contribution >= 4 is 29.0 Å². The predicted octanol–water partition coefficient (Wildman–Crippen LogP) is 7.37. The lowest BCUT2D eigenvalue weighted by Gasteiger charge is -2.24. The van der Waals surface area contributed by atoms with Gasteiger partial charge in [-0.25, -0.2) is 4.39 Å². The first kappa shape index (κ1) is 24.2. The summed E-state index contributed by atoms with van der Waals surface area (Å²) in [5, 5.41) is 0. The fourth-order valence-corrected chi connectivity index (χ4v) is 5.12. The number of pyridine rings is 2. The van der Waals surface area contributed by atoms with Crippen molar-refractivity contribution < 1.29 is 4.39 Å². The summed E-state index contributed by atoms with van der Waals surface area (Å²) in [6, 6.07) is 21.9. The Kier molecular flexibility index (Phi) is 7.40. The molecule has 3 nitrogen and oxygen atoms in total. The van der Waals surface area contributed by atoms with E-state index < -0.39 is 0 Å². The normalized spacial score (nSPS) is 14.1. The van der Waals surface area contributed by atoms with E-state index in [9.17, 15) is 4.39 Å². The van der Waals surface area contributed by atoms with Crippen LogP contribution in [-0.4, -0.2) is 27.7 Å². The summed E-state index contributed by atoms with van der Waals surface area (Å²) in [5.74, 6) is -0.209. The van der Waals surface area contributed by atoms with Crippen LogP contribution in [0.15, 0.2) is 102 Å². The molecule has 0 atom stereocenters. The van der Waals surface area contributed by atoms with Gasteiger partial charge in [0.1, 0.15) is 5.82 Å². The van der Waals surface area contributed by atoms with Crippen LogP contribution in [0.5, 0.6) is 0 Å². The predicted molar refractivity (Wildman–Crippen MR) is 148 cm³/mol. The van der Waals surface area contributed by atoms with Gasteiger partial charge in [-0.1, -0.05) is 18.2 Å². The molecule has 0 bridgehead atoms. The minimum Gasteiger partial charge on any atom is -0.291 e. The fourth-order valence-electron chi connectivity index (χ4n) is 4.71. The van der Waals surface area contributed by atoms with Crippen LogP contribution in [0.1, 0.15) is 34.7 Å². The summed E-state index contributed by atoms with van der Waals surface area (Å²) in [6.45, 7) is 4.39. The highest BCUT2D eigenvalue weighted by Crippen LogP contribution is 2.43. The van der Waals surface area contributed by atoms with E-state index in [0.29, 0.717) is 6.54 Å². The SMILES string of the molecule is CSc1ccc(C=C2C(C)=C(CN(Cc3ccncc3)Cc3ccncc3)c3cc(F)ccc32)cc1. The number of nitrogens with zero attached hydrogens (tertiary/aromatic N) is 3. The third kappa shape index (κ3) is 5.48. The van der Waals surface area contributed by atoms with Gasteiger partial charge in [-0.05, 0) is 112 Å². The highest BCUT2D eigenvalue weighted by atomic mass is 32.2. The van der Waals surface area contributed by atoms with Crippen LogP contribution >= 0.6 is 11.8 Å². The molecule has 0 amide bonds. The van der Waals surface area contributed by atoms with Gasteiger partial charge in [0.25, 0.3) is 0 Å². The molecule has 0 unspecified atom stereocenters. The van der Waals surface area contributed by atoms with Gasteiger partial charge < -0.3 is 0 Å². The van der Waals surface area contributed by atoms with Gasteiger partial charge >= 0.3 is 0 Å². The monoisotopic (exact) mass is 493 g/mol. The van der Waals surface area contributed by atoms with Crippen LogP contribution < -0.4 is 0 Å². The summed E-state index contributed by atoms with van der Waals surface area (Å²) in [6.07, 6.45) is 11.6. The van der Waals surface area contributed by atoms with Crippen LogP contribution in [0, 0.1) is 5.82 Å². The second kappa shape index (κ2) is 11.0. The molecule has 5 rings (SSSR count). The molecule has 4 aromatic rings. The van der Waals surface area contributed by atoms with Crippen molar-refractivity contribution in [2.45, 2.75) is 24.9 Å². The zero-order chi connectivity index (χ0) is 24.9. The minimum atomic E-state index is -0.209. The number of hydrogen-bond acceptors (Lipinski definition) is 4. The van der Waals surface area contributed by atoms with E-state index in [1.165, 1.54) is 27.2 Å². The Hall–Kier alpha value is -3.54. The van der Waals surface area contributed by atoms with E-state index >= 15 is 0 Å². The van der Waals surface area contributed by atoms with Gasteiger partial charge in [0.15, 0.2) is 0 Å². The summed E-state index contributed by atoms with van der Waals surface area (Å²) < 4.78 is 14.5. The van der Waals surface area contributed by atoms with Crippen LogP contribution in [0.25, 0.3) is 17.2 Å². The Balaban J connectivity index is 1.52. The number of thioether (sulfide) groups is 1. The third-order valence-electron chi connectivity index (χ3n) is 6.57. The van der Waals surface area contributed by atoms with Crippen molar-refractivity contribution in [2.24, 2.45) is 0 Å². The fraction of sp³-hybridized carbons (Fsp3) is 0.161. The molecule has 0 aliphatic heterocycles. The summed E-state index contributed by atoms with van der Waals surface area (Å²) in [4.78, 5) is 12.0. The van der Waals surface area contributed by atoms with Crippen molar-refractivity contribution in [1.82, 2.24) is 14.9 Å². The highest BCUT2D eigenvalue weighted by Gasteiger charge is 2.26. The Bertz CT molecular complexity index is 1360. The number of aromatic nitrogens is 2. The highest BCUT2D eigenvalue weighted by molar-refractivity contribution is 7.98. The molecule has 1 aliphatic rings. The number of benzene rings is 2. The maximum absolute atomic E-state index is 14.5. The summed E-state index contributed by atoms with van der Waals surface area (Å²) >= 11 is 1.73. The molecule has 2 aromatic carbocycles. The molecule has 0 spiro atoms. The van der Waals surface area contributed by atoms with Crippen LogP contribution in [0.4, 0.5) is 4.39 Å². The molecule has 36 heavy (non-hydrogen) atoms. The zero-order valence-corrected chi connectivity index (χ0v) is 21.3. The Morgan fingerprint density at radius 3 is 1.97 bits per heavy atom. The summed E-state index contributed by atoms with van der Waals surface area (Å²) in [5.41, 5.74) is 9.12. The van der Waals surface area contributed by atoms with Gasteiger partial charge in [0, 0.05) is 49.3 Å². The molecule has 0 saturated heterocycles. The maximum Gasteiger partial charge on any atom is 0.123 e. The van der Waals surface area contributed by atoms with E-state index in [2.05, 4.69) is 58.4 Å². The van der Waals surface area contributed by atoms with Gasteiger partial charge in [-0.2, -0.15) is 0 Å². The Morgan fingerprint density at radius 1 is 0.778 bits per heavy atom. The van der Waals surface area contributed by atoms with Crippen LogP contribution in [0.2, 0.25) is 0 Å². The molecule has 1 aliphatic carbocycles. The maximum atomic E-state index is 14.5. The number of halogens is 1. The van der Waals surface area contributed by atoms with E-state index in [0.717, 1.165) is 35.4 Å². The molecule has 0 fully saturated rings. The average molecular weight is 494 g/mol. The van der Waals surface area contributed by atoms with Crippen LogP contribution in [-0.2, 0) is 13.1 Å². The quantitative estimate of drug-likeness (QED) is 0.240. The molecule has 0 radical (unpaired) electrons. The molecule has 0 saturated carbocycles. The van der Waals surface area contributed by atoms with Gasteiger partial charge in [-0.3, -0.25) is 14.9 Å². The molecule has 2 aromatic heterocycles. The zero-order valence-electron chi connectivity index (χ0n) is 20.5. The smallest absolute Gasteiger partial charge is 0.123 e. The Labute approximate surface area is 216 Å². The van der Waals surface area contributed by atoms with Crippen molar-refractivity contribution in [3.8, 4) is 0 Å². The van der Waals surface area contributed by atoms with Gasteiger partial charge in [0.05, 0.1) is 0 Å². The van der Waals surface area contributed by atoms with E-state index in [1.807, 2.05) is 55.1 Å². The lowest BCUT2D eigenvalue weighted by molar-refractivity contribution is 0.290. The lowest BCUT2D eigenvalue weighted by atomic mass is 10.0. The third-order valence-corrected chi connectivity index (χ3v) is 7.32. The Morgan fingerprint density at radius 2 is 1.39 bits per heavy atom. The number of rotatable bonds is 8. The first-order valence-electron chi connectivity index (χ1n) is 12.0. The standard InChI is InChI=1S/C31H28FN3S/c1-22-29(17-23-3-6-27(36-2)7-4-23)28-8-5-26(32)18-30(28)31(22)21-35(19-24-9-13-33-14-10-24)20-25-11-15-34-16-12-25/h3-18H,19-21H2,1-2H3. The van der Waals surface area contributed by atoms with Crippen molar-refractivity contribution in [1.29, 1.82) is 0 Å². The van der Waals surface area contributed by atoms with E-state index in [1.54, 1.807) is 23.9 Å². The number of fused-ring (bicyclic) bond motifs is 1. The van der Waals surface area contributed by atoms with Crippen molar-refractivity contribution in [3.05, 3.63) is 131 Å². The molecule has 180 valence electrons.